The molecule has 2 rings (SSSR count). The summed E-state index contributed by atoms with van der Waals surface area (Å²) in [7, 11) is 0. The number of piperidine rings is 1. The molecule has 0 spiro atoms. The van der Waals surface area contributed by atoms with Crippen LogP contribution in [0.25, 0.3) is 0 Å². The van der Waals surface area contributed by atoms with E-state index in [0.717, 1.165) is 24.7 Å². The summed E-state index contributed by atoms with van der Waals surface area (Å²) >= 11 is 0. The minimum atomic E-state index is -0.0955. The molecule has 0 aliphatic carbocycles. The average molecular weight is 261 g/mol. The van der Waals surface area contributed by atoms with E-state index < -0.39 is 0 Å². The van der Waals surface area contributed by atoms with Crippen LogP contribution < -0.4 is 10.2 Å². The lowest BCUT2D eigenvalue weighted by atomic mass is 10.00. The molecule has 1 unspecified atom stereocenters. The Morgan fingerprint density at radius 3 is 3.00 bits per heavy atom. The van der Waals surface area contributed by atoms with Gasteiger partial charge in [0, 0.05) is 31.0 Å². The monoisotopic (exact) mass is 261 g/mol. The van der Waals surface area contributed by atoms with Crippen LogP contribution in [0.3, 0.4) is 0 Å². The molecule has 0 aromatic carbocycles. The lowest BCUT2D eigenvalue weighted by Gasteiger charge is -2.32. The van der Waals surface area contributed by atoms with Crippen LogP contribution in [0, 0.1) is 5.92 Å². The molecule has 1 atom stereocenters. The second kappa shape index (κ2) is 6.04. The summed E-state index contributed by atoms with van der Waals surface area (Å²) in [5.74, 6) is 0.622. The van der Waals surface area contributed by atoms with Crippen molar-refractivity contribution in [2.75, 3.05) is 18.0 Å². The van der Waals surface area contributed by atoms with Crippen molar-refractivity contribution in [3.63, 3.8) is 0 Å². The lowest BCUT2D eigenvalue weighted by Crippen LogP contribution is -2.35. The van der Waals surface area contributed by atoms with Gasteiger partial charge in [-0.25, -0.2) is 0 Å². The Bertz CT molecular complexity index is 445. The molecule has 19 heavy (non-hydrogen) atoms. The van der Waals surface area contributed by atoms with Gasteiger partial charge in [0.15, 0.2) is 0 Å². The van der Waals surface area contributed by atoms with Gasteiger partial charge in [-0.05, 0) is 44.7 Å². The smallest absolute Gasteiger partial charge is 0.270 e. The van der Waals surface area contributed by atoms with Crippen LogP contribution in [0.15, 0.2) is 18.3 Å². The third-order valence-corrected chi connectivity index (χ3v) is 3.42. The third-order valence-electron chi connectivity index (χ3n) is 3.42. The molecule has 1 amide bonds. The molecule has 0 radical (unpaired) electrons. The predicted octanol–water partition coefficient (Wildman–Crippen LogP) is 2.46. The van der Waals surface area contributed by atoms with E-state index in [2.05, 4.69) is 22.1 Å². The minimum Gasteiger partial charge on any atom is -0.371 e. The van der Waals surface area contributed by atoms with Crippen LogP contribution in [-0.2, 0) is 0 Å². The topological polar surface area (TPSA) is 45.2 Å². The fourth-order valence-electron chi connectivity index (χ4n) is 2.50. The van der Waals surface area contributed by atoms with E-state index >= 15 is 0 Å². The zero-order valence-electron chi connectivity index (χ0n) is 12.0. The molecule has 1 aromatic heterocycles. The van der Waals surface area contributed by atoms with Crippen LogP contribution in [0.2, 0.25) is 0 Å². The van der Waals surface area contributed by atoms with Crippen LogP contribution in [0.5, 0.6) is 0 Å². The van der Waals surface area contributed by atoms with Gasteiger partial charge in [-0.15, -0.1) is 0 Å². The first-order valence-electron chi connectivity index (χ1n) is 7.08. The first-order valence-corrected chi connectivity index (χ1v) is 7.08. The molecule has 0 bridgehead atoms. The summed E-state index contributed by atoms with van der Waals surface area (Å²) in [5.41, 5.74) is 1.61. The summed E-state index contributed by atoms with van der Waals surface area (Å²) in [6, 6.07) is 4.02. The number of rotatable bonds is 3. The number of aromatic nitrogens is 1. The maximum Gasteiger partial charge on any atom is 0.270 e. The van der Waals surface area contributed by atoms with Crippen molar-refractivity contribution in [3.05, 3.63) is 24.0 Å². The number of nitrogens with one attached hydrogen (secondary N) is 1. The van der Waals surface area contributed by atoms with E-state index in [1.807, 2.05) is 26.0 Å². The van der Waals surface area contributed by atoms with Crippen LogP contribution >= 0.6 is 0 Å². The fraction of sp³-hybridized carbons (Fsp3) is 0.600. The Labute approximate surface area is 115 Å². The van der Waals surface area contributed by atoms with Gasteiger partial charge < -0.3 is 10.2 Å². The fourth-order valence-corrected chi connectivity index (χ4v) is 2.50. The Morgan fingerprint density at radius 1 is 1.53 bits per heavy atom. The van der Waals surface area contributed by atoms with Gasteiger partial charge in [0.1, 0.15) is 5.69 Å². The number of nitrogens with zero attached hydrogens (tertiary/aromatic N) is 2. The maximum absolute atomic E-state index is 12.0. The van der Waals surface area contributed by atoms with E-state index in [9.17, 15) is 4.79 Å². The summed E-state index contributed by atoms with van der Waals surface area (Å²) in [6.07, 6.45) is 4.24. The van der Waals surface area contributed by atoms with Gasteiger partial charge in [0.25, 0.3) is 5.91 Å². The predicted molar refractivity (Wildman–Crippen MR) is 77.5 cm³/mol. The van der Waals surface area contributed by atoms with E-state index in [0.29, 0.717) is 5.69 Å². The van der Waals surface area contributed by atoms with Crippen molar-refractivity contribution in [3.8, 4) is 0 Å². The molecule has 1 aliphatic rings. The van der Waals surface area contributed by atoms with Crippen molar-refractivity contribution in [2.45, 2.75) is 39.7 Å². The molecule has 2 heterocycles. The number of pyridine rings is 1. The number of hydrogen-bond acceptors (Lipinski definition) is 3. The summed E-state index contributed by atoms with van der Waals surface area (Å²) in [4.78, 5) is 18.5. The van der Waals surface area contributed by atoms with Crippen LogP contribution in [0.4, 0.5) is 5.69 Å². The molecular weight excluding hydrogens is 238 g/mol. The van der Waals surface area contributed by atoms with Crippen molar-refractivity contribution >= 4 is 11.6 Å². The number of anilines is 1. The second-order valence-corrected chi connectivity index (χ2v) is 5.72. The summed E-state index contributed by atoms with van der Waals surface area (Å²) < 4.78 is 0. The number of carbonyl (C=O) groups excluding carboxylic acids is 1. The first-order chi connectivity index (χ1) is 9.06. The average Bonchev–Trinajstić information content (AvgIpc) is 2.38. The van der Waals surface area contributed by atoms with Crippen molar-refractivity contribution in [2.24, 2.45) is 5.92 Å². The number of hydrogen-bond donors (Lipinski definition) is 1. The maximum atomic E-state index is 12.0. The molecular formula is C15H23N3O. The molecule has 1 fully saturated rings. The van der Waals surface area contributed by atoms with Gasteiger partial charge in [-0.2, -0.15) is 0 Å². The largest absolute Gasteiger partial charge is 0.371 e. The molecule has 0 saturated carbocycles. The van der Waals surface area contributed by atoms with Gasteiger partial charge in [0.2, 0.25) is 0 Å². The van der Waals surface area contributed by atoms with Gasteiger partial charge in [0.05, 0.1) is 0 Å². The molecule has 4 nitrogen and oxygen atoms in total. The molecule has 104 valence electrons. The standard InChI is InChI=1S/C15H23N3O/c1-11(2)17-15(19)14-9-13(6-7-16-14)18-8-4-5-12(3)10-18/h6-7,9,11-12H,4-5,8,10H2,1-3H3,(H,17,19). The Kier molecular flexibility index (Phi) is 4.40. The van der Waals surface area contributed by atoms with E-state index in [4.69, 9.17) is 0 Å². The van der Waals surface area contributed by atoms with Gasteiger partial charge in [-0.1, -0.05) is 6.92 Å². The zero-order chi connectivity index (χ0) is 13.8. The third kappa shape index (κ3) is 3.69. The quantitative estimate of drug-likeness (QED) is 0.909. The van der Waals surface area contributed by atoms with Crippen molar-refractivity contribution < 1.29 is 4.79 Å². The SMILES string of the molecule is CC1CCCN(c2ccnc(C(=O)NC(C)C)c2)C1. The Morgan fingerprint density at radius 2 is 2.32 bits per heavy atom. The summed E-state index contributed by atoms with van der Waals surface area (Å²) in [6.45, 7) is 8.32. The first kappa shape index (κ1) is 13.8. The van der Waals surface area contributed by atoms with Crippen molar-refractivity contribution in [1.82, 2.24) is 10.3 Å². The van der Waals surface area contributed by atoms with Gasteiger partial charge in [-0.3, -0.25) is 9.78 Å². The highest BCUT2D eigenvalue weighted by Gasteiger charge is 2.18. The molecule has 1 N–H and O–H groups in total. The Hall–Kier alpha value is -1.58. The lowest BCUT2D eigenvalue weighted by molar-refractivity contribution is 0.0938. The van der Waals surface area contributed by atoms with Gasteiger partial charge >= 0.3 is 0 Å². The van der Waals surface area contributed by atoms with Crippen LogP contribution in [-0.4, -0.2) is 30.0 Å². The normalized spacial score (nSPS) is 19.6. The van der Waals surface area contributed by atoms with E-state index in [-0.39, 0.29) is 11.9 Å². The zero-order valence-corrected chi connectivity index (χ0v) is 12.0. The van der Waals surface area contributed by atoms with E-state index in [1.165, 1.54) is 12.8 Å². The molecule has 4 heteroatoms. The van der Waals surface area contributed by atoms with E-state index in [1.54, 1.807) is 6.20 Å². The number of amides is 1. The molecule has 1 aliphatic heterocycles. The highest BCUT2D eigenvalue weighted by atomic mass is 16.1. The highest BCUT2D eigenvalue weighted by Crippen LogP contribution is 2.22. The van der Waals surface area contributed by atoms with Crippen LogP contribution in [0.1, 0.15) is 44.1 Å². The second-order valence-electron chi connectivity index (χ2n) is 5.72. The number of carbonyl (C=O) groups is 1. The minimum absolute atomic E-state index is 0.0955. The Balaban J connectivity index is 2.12. The highest BCUT2D eigenvalue weighted by molar-refractivity contribution is 5.93. The van der Waals surface area contributed by atoms with Crippen molar-refractivity contribution in [1.29, 1.82) is 0 Å². The molecule has 1 saturated heterocycles. The summed E-state index contributed by atoms with van der Waals surface area (Å²) in [5, 5.41) is 2.88. The molecule has 1 aromatic rings.